The second kappa shape index (κ2) is 4.36. The molecule has 0 unspecified atom stereocenters. The molecule has 0 aliphatic heterocycles. The summed E-state index contributed by atoms with van der Waals surface area (Å²) in [5.41, 5.74) is 2.84. The van der Waals surface area contributed by atoms with Crippen molar-refractivity contribution in [1.29, 1.82) is 0 Å². The van der Waals surface area contributed by atoms with Gasteiger partial charge in [-0.3, -0.25) is 16.0 Å². The summed E-state index contributed by atoms with van der Waals surface area (Å²) in [6.07, 6.45) is 3.36. The maximum atomic E-state index is 10.7. The Morgan fingerprint density at radius 2 is 2.19 bits per heavy atom. The lowest BCUT2D eigenvalue weighted by molar-refractivity contribution is -0.384. The Hall–Kier alpha value is -1.82. The summed E-state index contributed by atoms with van der Waals surface area (Å²) in [7, 11) is 0. The van der Waals surface area contributed by atoms with Crippen LogP contribution in [0.2, 0.25) is 0 Å². The molecule has 0 aromatic heterocycles. The SMILES string of the molecule is NNc1cc(OC2CCC2)cc([N+](=O)[O-])c1. The number of nitrogens with two attached hydrogens (primary N) is 1. The van der Waals surface area contributed by atoms with Crippen molar-refractivity contribution in [1.82, 2.24) is 0 Å². The van der Waals surface area contributed by atoms with Crippen LogP contribution in [0, 0.1) is 10.1 Å². The third-order valence-electron chi connectivity index (χ3n) is 2.62. The van der Waals surface area contributed by atoms with Gasteiger partial charge in [-0.05, 0) is 19.3 Å². The number of non-ortho nitro benzene ring substituents is 1. The number of anilines is 1. The Labute approximate surface area is 92.5 Å². The fraction of sp³-hybridized carbons (Fsp3) is 0.400. The Bertz CT molecular complexity index is 404. The normalized spacial score (nSPS) is 15.3. The summed E-state index contributed by atoms with van der Waals surface area (Å²) >= 11 is 0. The van der Waals surface area contributed by atoms with E-state index in [2.05, 4.69) is 5.43 Å². The number of hydrogen-bond donors (Lipinski definition) is 2. The molecule has 2 rings (SSSR count). The number of hydrazine groups is 1. The molecule has 1 fully saturated rings. The minimum absolute atomic E-state index is 0.0234. The summed E-state index contributed by atoms with van der Waals surface area (Å²) < 4.78 is 5.58. The molecule has 0 amide bonds. The fourth-order valence-electron chi connectivity index (χ4n) is 1.52. The van der Waals surface area contributed by atoms with Crippen LogP contribution in [-0.2, 0) is 0 Å². The van der Waals surface area contributed by atoms with Gasteiger partial charge in [0.25, 0.3) is 5.69 Å². The van der Waals surface area contributed by atoms with Crippen molar-refractivity contribution < 1.29 is 9.66 Å². The molecule has 0 saturated heterocycles. The van der Waals surface area contributed by atoms with E-state index in [1.54, 1.807) is 6.07 Å². The number of nitrogens with zero attached hydrogens (tertiary/aromatic N) is 1. The zero-order chi connectivity index (χ0) is 11.5. The number of benzene rings is 1. The second-order valence-corrected chi connectivity index (χ2v) is 3.79. The van der Waals surface area contributed by atoms with Crippen LogP contribution in [-0.4, -0.2) is 11.0 Å². The molecule has 1 aromatic carbocycles. The predicted octanol–water partition coefficient (Wildman–Crippen LogP) is 1.81. The third-order valence-corrected chi connectivity index (χ3v) is 2.62. The highest BCUT2D eigenvalue weighted by Crippen LogP contribution is 2.30. The second-order valence-electron chi connectivity index (χ2n) is 3.79. The molecule has 3 N–H and O–H groups in total. The van der Waals surface area contributed by atoms with Gasteiger partial charge in [0.1, 0.15) is 5.75 Å². The van der Waals surface area contributed by atoms with Gasteiger partial charge in [0.05, 0.1) is 22.8 Å². The van der Waals surface area contributed by atoms with Gasteiger partial charge >= 0.3 is 0 Å². The molecule has 0 radical (unpaired) electrons. The smallest absolute Gasteiger partial charge is 0.275 e. The first-order valence-electron chi connectivity index (χ1n) is 5.12. The van der Waals surface area contributed by atoms with Gasteiger partial charge in [0, 0.05) is 12.1 Å². The summed E-state index contributed by atoms with van der Waals surface area (Å²) in [6.45, 7) is 0. The molecule has 1 aliphatic rings. The number of rotatable bonds is 4. The summed E-state index contributed by atoms with van der Waals surface area (Å²) in [5, 5.41) is 10.7. The average molecular weight is 223 g/mol. The van der Waals surface area contributed by atoms with E-state index in [4.69, 9.17) is 10.6 Å². The highest BCUT2D eigenvalue weighted by atomic mass is 16.6. The number of nitrogens with one attached hydrogen (secondary N) is 1. The van der Waals surface area contributed by atoms with Crippen molar-refractivity contribution in [3.05, 3.63) is 28.3 Å². The molecule has 86 valence electrons. The van der Waals surface area contributed by atoms with Gasteiger partial charge in [-0.15, -0.1) is 0 Å². The zero-order valence-corrected chi connectivity index (χ0v) is 8.68. The molecule has 0 spiro atoms. The van der Waals surface area contributed by atoms with Crippen LogP contribution in [0.3, 0.4) is 0 Å². The van der Waals surface area contributed by atoms with Gasteiger partial charge in [0.15, 0.2) is 0 Å². The third kappa shape index (κ3) is 2.22. The molecule has 16 heavy (non-hydrogen) atoms. The number of nitro benzene ring substituents is 1. The quantitative estimate of drug-likeness (QED) is 0.461. The highest BCUT2D eigenvalue weighted by Gasteiger charge is 2.20. The van der Waals surface area contributed by atoms with E-state index in [0.29, 0.717) is 11.4 Å². The van der Waals surface area contributed by atoms with E-state index in [-0.39, 0.29) is 11.8 Å². The Morgan fingerprint density at radius 3 is 2.69 bits per heavy atom. The molecule has 1 aliphatic carbocycles. The van der Waals surface area contributed by atoms with E-state index >= 15 is 0 Å². The van der Waals surface area contributed by atoms with E-state index in [1.807, 2.05) is 0 Å². The van der Waals surface area contributed by atoms with Crippen molar-refractivity contribution >= 4 is 11.4 Å². The molecule has 1 aromatic rings. The van der Waals surface area contributed by atoms with Crippen molar-refractivity contribution in [2.75, 3.05) is 5.43 Å². The van der Waals surface area contributed by atoms with E-state index < -0.39 is 4.92 Å². The zero-order valence-electron chi connectivity index (χ0n) is 8.68. The summed E-state index contributed by atoms with van der Waals surface area (Å²) in [4.78, 5) is 10.2. The van der Waals surface area contributed by atoms with Crippen LogP contribution in [0.15, 0.2) is 18.2 Å². The highest BCUT2D eigenvalue weighted by molar-refractivity contribution is 5.55. The first kappa shape index (κ1) is 10.7. The lowest BCUT2D eigenvalue weighted by Crippen LogP contribution is -2.24. The van der Waals surface area contributed by atoms with Gasteiger partial charge < -0.3 is 10.2 Å². The number of nitro groups is 1. The Morgan fingerprint density at radius 1 is 1.44 bits per heavy atom. The van der Waals surface area contributed by atoms with Crippen molar-refractivity contribution in [3.8, 4) is 5.75 Å². The topological polar surface area (TPSA) is 90.4 Å². The molecule has 0 bridgehead atoms. The van der Waals surface area contributed by atoms with E-state index in [1.165, 1.54) is 12.1 Å². The predicted molar refractivity (Wildman–Crippen MR) is 59.2 cm³/mol. The van der Waals surface area contributed by atoms with Crippen molar-refractivity contribution in [2.45, 2.75) is 25.4 Å². The molecule has 6 heteroatoms. The number of ether oxygens (including phenoxy) is 1. The maximum absolute atomic E-state index is 10.7. The number of hydrogen-bond acceptors (Lipinski definition) is 5. The lowest BCUT2D eigenvalue weighted by Gasteiger charge is -2.26. The minimum Gasteiger partial charge on any atom is -0.490 e. The van der Waals surface area contributed by atoms with Gasteiger partial charge in [-0.25, -0.2) is 0 Å². The molecular weight excluding hydrogens is 210 g/mol. The molecule has 6 nitrogen and oxygen atoms in total. The minimum atomic E-state index is -0.464. The van der Waals surface area contributed by atoms with E-state index in [9.17, 15) is 10.1 Å². The van der Waals surface area contributed by atoms with E-state index in [0.717, 1.165) is 19.3 Å². The molecule has 0 heterocycles. The molecule has 0 atom stereocenters. The van der Waals surface area contributed by atoms with Crippen LogP contribution < -0.4 is 16.0 Å². The van der Waals surface area contributed by atoms with Crippen LogP contribution in [0.4, 0.5) is 11.4 Å². The number of nitrogen functional groups attached to an aromatic ring is 1. The first-order valence-corrected chi connectivity index (χ1v) is 5.12. The molecule has 1 saturated carbocycles. The van der Waals surface area contributed by atoms with Crippen LogP contribution >= 0.6 is 0 Å². The van der Waals surface area contributed by atoms with Gasteiger partial charge in [-0.2, -0.15) is 0 Å². The van der Waals surface area contributed by atoms with Gasteiger partial charge in [0.2, 0.25) is 0 Å². The molecular formula is C10H13N3O3. The maximum Gasteiger partial charge on any atom is 0.275 e. The monoisotopic (exact) mass is 223 g/mol. The van der Waals surface area contributed by atoms with Crippen molar-refractivity contribution in [3.63, 3.8) is 0 Å². The summed E-state index contributed by atoms with van der Waals surface area (Å²) in [6, 6.07) is 4.44. The van der Waals surface area contributed by atoms with Gasteiger partial charge in [-0.1, -0.05) is 0 Å². The average Bonchev–Trinajstić information content (AvgIpc) is 2.23. The first-order chi connectivity index (χ1) is 7.69. The lowest BCUT2D eigenvalue weighted by atomic mass is 9.96. The summed E-state index contributed by atoms with van der Waals surface area (Å²) in [5.74, 6) is 5.73. The largest absolute Gasteiger partial charge is 0.490 e. The Kier molecular flexibility index (Phi) is 2.91. The van der Waals surface area contributed by atoms with Crippen LogP contribution in [0.5, 0.6) is 5.75 Å². The van der Waals surface area contributed by atoms with Crippen LogP contribution in [0.25, 0.3) is 0 Å². The van der Waals surface area contributed by atoms with Crippen LogP contribution in [0.1, 0.15) is 19.3 Å². The Balaban J connectivity index is 2.21. The standard InChI is InChI=1S/C10H13N3O3/c11-12-7-4-8(13(14)15)6-10(5-7)16-9-2-1-3-9/h4-6,9,12H,1-3,11H2. The fourth-order valence-corrected chi connectivity index (χ4v) is 1.52. The van der Waals surface area contributed by atoms with Crippen molar-refractivity contribution in [2.24, 2.45) is 5.84 Å².